The Hall–Kier alpha value is -1.48. The number of nitrogens with zero attached hydrogens (tertiary/aromatic N) is 1. The van der Waals surface area contributed by atoms with Crippen LogP contribution in [-0.2, 0) is 14.8 Å². The van der Waals surface area contributed by atoms with Crippen LogP contribution in [0.5, 0.6) is 5.75 Å². The Morgan fingerprint density at radius 3 is 2.77 bits per heavy atom. The highest BCUT2D eigenvalue weighted by Gasteiger charge is 2.29. The summed E-state index contributed by atoms with van der Waals surface area (Å²) >= 11 is 1.66. The largest absolute Gasteiger partial charge is 0.493 e. The molecule has 142 valence electrons. The number of rotatable bonds is 7. The van der Waals surface area contributed by atoms with E-state index in [1.165, 1.54) is 4.88 Å². The summed E-state index contributed by atoms with van der Waals surface area (Å²) in [5, 5.41) is 0.990. The van der Waals surface area contributed by atoms with Crippen molar-refractivity contribution in [3.63, 3.8) is 0 Å². The van der Waals surface area contributed by atoms with Crippen LogP contribution < -0.4 is 9.46 Å². The van der Waals surface area contributed by atoms with Gasteiger partial charge in [0, 0.05) is 35.2 Å². The molecule has 6 nitrogen and oxygen atoms in total. The molecule has 1 saturated heterocycles. The van der Waals surface area contributed by atoms with Crippen LogP contribution in [0.25, 0.3) is 10.6 Å². The van der Waals surface area contributed by atoms with Crippen LogP contribution in [0.3, 0.4) is 0 Å². The Balaban J connectivity index is 1.60. The second-order valence-corrected chi connectivity index (χ2v) is 9.64. The molecule has 0 radical (unpaired) electrons. The van der Waals surface area contributed by atoms with E-state index in [-0.39, 0.29) is 17.7 Å². The fraction of sp³-hybridized carbons (Fsp3) is 0.500. The number of thiazole rings is 1. The monoisotopic (exact) mass is 396 g/mol. The van der Waals surface area contributed by atoms with Gasteiger partial charge in [0.1, 0.15) is 10.8 Å². The van der Waals surface area contributed by atoms with Gasteiger partial charge in [-0.3, -0.25) is 0 Å². The van der Waals surface area contributed by atoms with E-state index in [1.807, 2.05) is 37.4 Å². The number of ether oxygens (including phenoxy) is 2. The van der Waals surface area contributed by atoms with Gasteiger partial charge in [-0.05, 0) is 44.5 Å². The van der Waals surface area contributed by atoms with Gasteiger partial charge in [0.25, 0.3) is 0 Å². The zero-order valence-corrected chi connectivity index (χ0v) is 16.6. The van der Waals surface area contributed by atoms with Gasteiger partial charge < -0.3 is 9.47 Å². The van der Waals surface area contributed by atoms with Crippen molar-refractivity contribution in [2.45, 2.75) is 26.3 Å². The normalized spacial score (nSPS) is 20.8. The SMILES string of the molecule is CCS(=O)(=O)NC1CCOCC1COc1ccc(-c2ncc(C)s2)cc1. The molecule has 2 aromatic rings. The van der Waals surface area contributed by atoms with Crippen LogP contribution in [0.1, 0.15) is 18.2 Å². The topological polar surface area (TPSA) is 77.5 Å². The lowest BCUT2D eigenvalue weighted by molar-refractivity contribution is 0.0186. The smallest absolute Gasteiger partial charge is 0.211 e. The third-order valence-corrected chi connectivity index (χ3v) is 6.76. The van der Waals surface area contributed by atoms with E-state index in [0.29, 0.717) is 26.2 Å². The molecule has 1 N–H and O–H groups in total. The van der Waals surface area contributed by atoms with Crippen LogP contribution in [0.4, 0.5) is 0 Å². The van der Waals surface area contributed by atoms with Gasteiger partial charge in [0.05, 0.1) is 19.0 Å². The van der Waals surface area contributed by atoms with Crippen molar-refractivity contribution in [1.29, 1.82) is 0 Å². The highest BCUT2D eigenvalue weighted by Crippen LogP contribution is 2.27. The van der Waals surface area contributed by atoms with Crippen LogP contribution in [-0.4, -0.2) is 45.0 Å². The molecule has 1 aromatic heterocycles. The molecule has 0 bridgehead atoms. The first-order valence-corrected chi connectivity index (χ1v) is 11.2. The molecule has 2 heterocycles. The molecule has 26 heavy (non-hydrogen) atoms. The van der Waals surface area contributed by atoms with E-state index >= 15 is 0 Å². The Morgan fingerprint density at radius 1 is 1.35 bits per heavy atom. The van der Waals surface area contributed by atoms with Crippen molar-refractivity contribution in [3.8, 4) is 16.3 Å². The molecule has 0 saturated carbocycles. The van der Waals surface area contributed by atoms with E-state index in [0.717, 1.165) is 16.3 Å². The highest BCUT2D eigenvalue weighted by molar-refractivity contribution is 7.89. The number of benzene rings is 1. The molecular weight excluding hydrogens is 372 g/mol. The minimum absolute atomic E-state index is 0.00800. The first kappa shape index (κ1) is 19.3. The molecule has 1 aromatic carbocycles. The molecule has 1 aliphatic rings. The number of aryl methyl sites for hydroxylation is 1. The summed E-state index contributed by atoms with van der Waals surface area (Å²) in [5.74, 6) is 0.825. The summed E-state index contributed by atoms with van der Waals surface area (Å²) < 4.78 is 37.9. The molecule has 3 rings (SSSR count). The Labute approximate surface area is 158 Å². The average molecular weight is 397 g/mol. The Bertz CT molecular complexity index is 818. The van der Waals surface area contributed by atoms with Crippen molar-refractivity contribution in [2.75, 3.05) is 25.6 Å². The minimum Gasteiger partial charge on any atom is -0.493 e. The fourth-order valence-corrected chi connectivity index (χ4v) is 4.52. The lowest BCUT2D eigenvalue weighted by atomic mass is 9.98. The van der Waals surface area contributed by atoms with Crippen molar-refractivity contribution < 1.29 is 17.9 Å². The second-order valence-electron chi connectivity index (χ2n) is 6.36. The van der Waals surface area contributed by atoms with E-state index < -0.39 is 10.0 Å². The van der Waals surface area contributed by atoms with Crippen LogP contribution in [0.2, 0.25) is 0 Å². The molecule has 0 amide bonds. The molecule has 2 atom stereocenters. The zero-order valence-electron chi connectivity index (χ0n) is 15.0. The van der Waals surface area contributed by atoms with E-state index in [1.54, 1.807) is 18.3 Å². The zero-order chi connectivity index (χ0) is 18.6. The number of aromatic nitrogens is 1. The molecule has 1 aliphatic heterocycles. The van der Waals surface area contributed by atoms with E-state index in [9.17, 15) is 8.42 Å². The van der Waals surface area contributed by atoms with Gasteiger partial charge in [0.15, 0.2) is 0 Å². The van der Waals surface area contributed by atoms with Gasteiger partial charge in [-0.1, -0.05) is 0 Å². The average Bonchev–Trinajstić information content (AvgIpc) is 3.07. The standard InChI is InChI=1S/C18H24N2O4S2/c1-3-26(21,22)20-17-8-9-23-11-15(17)12-24-16-6-4-14(5-7-16)18-19-10-13(2)25-18/h4-7,10,15,17,20H,3,8-9,11-12H2,1-2H3. The van der Waals surface area contributed by atoms with Gasteiger partial charge in [0.2, 0.25) is 10.0 Å². The van der Waals surface area contributed by atoms with Crippen molar-refractivity contribution in [2.24, 2.45) is 5.92 Å². The quantitative estimate of drug-likeness (QED) is 0.779. The van der Waals surface area contributed by atoms with Gasteiger partial charge in [-0.2, -0.15) is 0 Å². The highest BCUT2D eigenvalue weighted by atomic mass is 32.2. The first-order chi connectivity index (χ1) is 12.5. The van der Waals surface area contributed by atoms with Crippen LogP contribution >= 0.6 is 11.3 Å². The lowest BCUT2D eigenvalue weighted by Gasteiger charge is -2.31. The Kier molecular flexibility index (Phi) is 6.29. The number of hydrogen-bond donors (Lipinski definition) is 1. The number of hydrogen-bond acceptors (Lipinski definition) is 6. The second kappa shape index (κ2) is 8.47. The molecule has 8 heteroatoms. The van der Waals surface area contributed by atoms with Crippen LogP contribution in [0.15, 0.2) is 30.5 Å². The predicted molar refractivity (Wildman–Crippen MR) is 103 cm³/mol. The Morgan fingerprint density at radius 2 is 2.12 bits per heavy atom. The molecule has 0 aliphatic carbocycles. The third kappa shape index (κ3) is 5.03. The van der Waals surface area contributed by atoms with Crippen molar-refractivity contribution in [1.82, 2.24) is 9.71 Å². The van der Waals surface area contributed by atoms with Gasteiger partial charge >= 0.3 is 0 Å². The van der Waals surface area contributed by atoms with Gasteiger partial charge in [-0.15, -0.1) is 11.3 Å². The lowest BCUT2D eigenvalue weighted by Crippen LogP contribution is -2.47. The van der Waals surface area contributed by atoms with Crippen molar-refractivity contribution >= 4 is 21.4 Å². The van der Waals surface area contributed by atoms with Gasteiger partial charge in [-0.25, -0.2) is 18.1 Å². The van der Waals surface area contributed by atoms with E-state index in [2.05, 4.69) is 9.71 Å². The summed E-state index contributed by atoms with van der Waals surface area (Å²) in [6, 6.07) is 7.66. The molecule has 1 fully saturated rings. The summed E-state index contributed by atoms with van der Waals surface area (Å²) in [4.78, 5) is 5.56. The minimum atomic E-state index is -3.24. The summed E-state index contributed by atoms with van der Waals surface area (Å²) in [6.07, 6.45) is 2.53. The first-order valence-electron chi connectivity index (χ1n) is 8.70. The summed E-state index contributed by atoms with van der Waals surface area (Å²) in [5.41, 5.74) is 1.06. The van der Waals surface area contributed by atoms with E-state index in [4.69, 9.17) is 9.47 Å². The maximum atomic E-state index is 11.9. The summed E-state index contributed by atoms with van der Waals surface area (Å²) in [6.45, 7) is 5.14. The van der Waals surface area contributed by atoms with Crippen LogP contribution in [0, 0.1) is 12.8 Å². The maximum Gasteiger partial charge on any atom is 0.211 e. The fourth-order valence-electron chi connectivity index (χ4n) is 2.82. The maximum absolute atomic E-state index is 11.9. The third-order valence-electron chi connectivity index (χ3n) is 4.37. The predicted octanol–water partition coefficient (Wildman–Crippen LogP) is 2.84. The van der Waals surface area contributed by atoms with Crippen molar-refractivity contribution in [3.05, 3.63) is 35.3 Å². The molecule has 0 spiro atoms. The molecular formula is C18H24N2O4S2. The number of nitrogens with one attached hydrogen (secondary N) is 1. The summed E-state index contributed by atoms with van der Waals surface area (Å²) in [7, 11) is -3.24. The number of sulfonamides is 1. The molecule has 2 unspecified atom stereocenters.